The zero-order valence-corrected chi connectivity index (χ0v) is 15.0. The van der Waals surface area contributed by atoms with Gasteiger partial charge in [-0.1, -0.05) is 24.3 Å². The van der Waals surface area contributed by atoms with Crippen LogP contribution in [0.3, 0.4) is 0 Å². The summed E-state index contributed by atoms with van der Waals surface area (Å²) >= 11 is 0. The summed E-state index contributed by atoms with van der Waals surface area (Å²) in [4.78, 5) is 12.5. The van der Waals surface area contributed by atoms with Crippen LogP contribution in [0.2, 0.25) is 0 Å². The molecule has 138 valence electrons. The molecule has 0 fully saturated rings. The van der Waals surface area contributed by atoms with E-state index in [9.17, 15) is 15.0 Å². The number of carbonyl (C=O) groups is 1. The van der Waals surface area contributed by atoms with Crippen LogP contribution in [-0.2, 0) is 11.3 Å². The summed E-state index contributed by atoms with van der Waals surface area (Å²) in [5.41, 5.74) is 2.73. The van der Waals surface area contributed by atoms with E-state index in [1.807, 2.05) is 53.1 Å². The number of hydrogen-bond donors (Lipinski definition) is 3. The van der Waals surface area contributed by atoms with E-state index in [0.717, 1.165) is 27.4 Å². The highest BCUT2D eigenvalue weighted by atomic mass is 16.3. The van der Waals surface area contributed by atoms with E-state index in [1.54, 1.807) is 6.08 Å². The number of nitrogens with zero attached hydrogens (tertiary/aromatic N) is 2. The summed E-state index contributed by atoms with van der Waals surface area (Å²) < 4.78 is 1.91. The van der Waals surface area contributed by atoms with Crippen LogP contribution in [0.25, 0.3) is 27.9 Å². The van der Waals surface area contributed by atoms with Gasteiger partial charge >= 0.3 is 0 Å². The lowest BCUT2D eigenvalue weighted by atomic mass is 10.1. The number of fused-ring (bicyclic) bond motifs is 3. The van der Waals surface area contributed by atoms with Gasteiger partial charge in [-0.25, -0.2) is 0 Å². The van der Waals surface area contributed by atoms with Crippen molar-refractivity contribution in [3.8, 4) is 6.07 Å². The molecule has 0 saturated carbocycles. The van der Waals surface area contributed by atoms with Crippen molar-refractivity contribution in [2.24, 2.45) is 0 Å². The highest BCUT2D eigenvalue weighted by molar-refractivity contribution is 6.09. The van der Waals surface area contributed by atoms with E-state index < -0.39 is 12.1 Å². The summed E-state index contributed by atoms with van der Waals surface area (Å²) in [6.45, 7) is 1.27. The minimum absolute atomic E-state index is 0.0701. The van der Waals surface area contributed by atoms with Crippen molar-refractivity contribution in [3.05, 3.63) is 54.1 Å². The third-order valence-corrected chi connectivity index (χ3v) is 4.57. The third-order valence-electron chi connectivity index (χ3n) is 4.57. The summed E-state index contributed by atoms with van der Waals surface area (Å²) in [7, 11) is 0. The molecule has 0 aliphatic heterocycles. The van der Waals surface area contributed by atoms with Gasteiger partial charge in [-0.3, -0.25) is 4.79 Å². The number of nitrogens with one attached hydrogen (secondary N) is 1. The average Bonchev–Trinajstić information content (AvgIpc) is 2.97. The maximum Gasteiger partial charge on any atom is 0.240 e. The van der Waals surface area contributed by atoms with Crippen LogP contribution in [0, 0.1) is 11.3 Å². The molecule has 0 radical (unpaired) electrons. The topological polar surface area (TPSA) is 98.3 Å². The number of para-hydroxylation sites is 1. The van der Waals surface area contributed by atoms with Crippen molar-refractivity contribution in [1.29, 1.82) is 5.26 Å². The fourth-order valence-electron chi connectivity index (χ4n) is 3.19. The minimum atomic E-state index is -0.841. The normalized spacial score (nSPS) is 13.7. The third kappa shape index (κ3) is 3.85. The molecule has 1 heterocycles. The first-order valence-corrected chi connectivity index (χ1v) is 8.70. The average molecular weight is 363 g/mol. The first-order valence-electron chi connectivity index (χ1n) is 8.70. The minimum Gasteiger partial charge on any atom is -0.394 e. The number of aliphatic hydroxyl groups is 2. The monoisotopic (exact) mass is 363 g/mol. The number of nitriles is 1. The molecule has 3 rings (SSSR count). The van der Waals surface area contributed by atoms with Gasteiger partial charge in [0, 0.05) is 27.9 Å². The van der Waals surface area contributed by atoms with Gasteiger partial charge in [-0.05, 0) is 36.8 Å². The Morgan fingerprint density at radius 3 is 2.70 bits per heavy atom. The molecule has 1 amide bonds. The van der Waals surface area contributed by atoms with E-state index in [0.29, 0.717) is 0 Å². The second-order valence-electron chi connectivity index (χ2n) is 6.44. The Hall–Kier alpha value is -3.14. The van der Waals surface area contributed by atoms with Crippen molar-refractivity contribution in [2.45, 2.75) is 25.6 Å². The van der Waals surface area contributed by atoms with Crippen LogP contribution >= 0.6 is 0 Å². The van der Waals surface area contributed by atoms with Gasteiger partial charge in [0.05, 0.1) is 24.8 Å². The van der Waals surface area contributed by atoms with Gasteiger partial charge in [0.25, 0.3) is 0 Å². The van der Waals surface area contributed by atoms with E-state index in [1.165, 1.54) is 13.0 Å². The Balaban J connectivity index is 2.02. The second kappa shape index (κ2) is 8.04. The molecule has 3 aromatic rings. The number of aliphatic hydroxyl groups excluding tert-OH is 2. The zero-order valence-electron chi connectivity index (χ0n) is 15.0. The molecular weight excluding hydrogens is 342 g/mol. The summed E-state index contributed by atoms with van der Waals surface area (Å²) in [5, 5.41) is 32.3. The quantitative estimate of drug-likeness (QED) is 0.585. The number of rotatable bonds is 6. The van der Waals surface area contributed by atoms with Crippen LogP contribution in [0.5, 0.6) is 0 Å². The summed E-state index contributed by atoms with van der Waals surface area (Å²) in [6.07, 6.45) is 2.33. The van der Waals surface area contributed by atoms with Crippen LogP contribution in [0.4, 0.5) is 0 Å². The molecule has 0 unspecified atom stereocenters. The number of carbonyl (C=O) groups excluding carboxylic acids is 1. The molecule has 0 saturated heterocycles. The number of allylic oxidation sites excluding steroid dienone is 1. The highest BCUT2D eigenvalue weighted by Crippen LogP contribution is 2.30. The fourth-order valence-corrected chi connectivity index (χ4v) is 3.19. The lowest BCUT2D eigenvalue weighted by Crippen LogP contribution is -2.45. The molecule has 1 aromatic heterocycles. The number of amides is 1. The predicted octanol–water partition coefficient (Wildman–Crippen LogP) is 2.19. The number of aromatic nitrogens is 1. The number of benzene rings is 2. The molecular formula is C21H21N3O3. The fraction of sp³-hybridized carbons (Fsp3) is 0.238. The van der Waals surface area contributed by atoms with E-state index in [2.05, 4.69) is 5.32 Å². The first kappa shape index (κ1) is 18.6. The van der Waals surface area contributed by atoms with Gasteiger partial charge in [-0.2, -0.15) is 5.26 Å². The van der Waals surface area contributed by atoms with Gasteiger partial charge in [0.15, 0.2) is 0 Å². The van der Waals surface area contributed by atoms with Crippen molar-refractivity contribution in [1.82, 2.24) is 9.88 Å². The molecule has 6 heteroatoms. The van der Waals surface area contributed by atoms with E-state index in [4.69, 9.17) is 5.26 Å². The molecule has 0 aliphatic carbocycles. The molecule has 2 atom stereocenters. The molecule has 3 N–H and O–H groups in total. The molecule has 27 heavy (non-hydrogen) atoms. The van der Waals surface area contributed by atoms with Gasteiger partial charge in [0.1, 0.15) is 6.54 Å². The van der Waals surface area contributed by atoms with Crippen molar-refractivity contribution < 1.29 is 15.0 Å². The summed E-state index contributed by atoms with van der Waals surface area (Å²) in [5.74, 6) is -0.286. The SMILES string of the molecule is C[C@@H](O)[C@@H](CO)NC(=O)Cn1c2ccccc2c2cc(/C=C/C#N)ccc21. The lowest BCUT2D eigenvalue weighted by Gasteiger charge is -2.19. The molecule has 0 bridgehead atoms. The van der Waals surface area contributed by atoms with Crippen molar-refractivity contribution >= 4 is 33.8 Å². The lowest BCUT2D eigenvalue weighted by molar-refractivity contribution is -0.123. The maximum atomic E-state index is 12.5. The second-order valence-corrected chi connectivity index (χ2v) is 6.44. The van der Waals surface area contributed by atoms with Crippen molar-refractivity contribution in [3.63, 3.8) is 0 Å². The van der Waals surface area contributed by atoms with Gasteiger partial charge < -0.3 is 20.1 Å². The Bertz CT molecular complexity index is 1040. The van der Waals surface area contributed by atoms with Crippen LogP contribution in [-0.4, -0.2) is 39.4 Å². The Morgan fingerprint density at radius 2 is 2.00 bits per heavy atom. The van der Waals surface area contributed by atoms with Crippen LogP contribution < -0.4 is 5.32 Å². The largest absolute Gasteiger partial charge is 0.394 e. The van der Waals surface area contributed by atoms with E-state index in [-0.39, 0.29) is 19.1 Å². The number of hydrogen-bond acceptors (Lipinski definition) is 4. The van der Waals surface area contributed by atoms with Gasteiger partial charge in [-0.15, -0.1) is 0 Å². The van der Waals surface area contributed by atoms with Crippen molar-refractivity contribution in [2.75, 3.05) is 6.61 Å². The standard InChI is InChI=1S/C21H21N3O3/c1-14(26)18(13-25)23-21(27)12-24-19-7-3-2-6-16(19)17-11-15(5-4-10-22)8-9-20(17)24/h2-9,11,14,18,25-26H,12-13H2,1H3,(H,23,27)/b5-4+/t14-,18-/m1/s1. The Morgan fingerprint density at radius 1 is 1.26 bits per heavy atom. The zero-order chi connectivity index (χ0) is 19.4. The van der Waals surface area contributed by atoms with E-state index >= 15 is 0 Å². The first-order chi connectivity index (χ1) is 13.0. The maximum absolute atomic E-state index is 12.5. The predicted molar refractivity (Wildman–Crippen MR) is 105 cm³/mol. The molecule has 6 nitrogen and oxygen atoms in total. The summed E-state index contributed by atoms with van der Waals surface area (Å²) in [6, 6.07) is 14.9. The molecule has 2 aromatic carbocycles. The molecule has 0 spiro atoms. The van der Waals surface area contributed by atoms with Crippen LogP contribution in [0.15, 0.2) is 48.5 Å². The Labute approximate surface area is 157 Å². The van der Waals surface area contributed by atoms with Gasteiger partial charge in [0.2, 0.25) is 5.91 Å². The Kier molecular flexibility index (Phi) is 5.55. The molecule has 0 aliphatic rings. The van der Waals surface area contributed by atoms with Crippen LogP contribution in [0.1, 0.15) is 12.5 Å². The smallest absolute Gasteiger partial charge is 0.240 e. The highest BCUT2D eigenvalue weighted by Gasteiger charge is 2.18.